The molecule has 4 nitrogen and oxygen atoms in total. The van der Waals surface area contributed by atoms with E-state index in [9.17, 15) is 0 Å². The number of hydrogen-bond acceptors (Lipinski definition) is 3. The predicted octanol–water partition coefficient (Wildman–Crippen LogP) is 4.72. The second-order valence-corrected chi connectivity index (χ2v) is 6.74. The molecule has 0 aromatic heterocycles. The molecule has 2 rings (SSSR count). The van der Waals surface area contributed by atoms with E-state index in [2.05, 4.69) is 70.0 Å². The lowest BCUT2D eigenvalue weighted by molar-refractivity contribution is 0.0667. The summed E-state index contributed by atoms with van der Waals surface area (Å²) >= 11 is 0. The molecule has 1 aliphatic rings. The van der Waals surface area contributed by atoms with Gasteiger partial charge in [-0.05, 0) is 57.7 Å². The monoisotopic (exact) mass is 365 g/mol. The second-order valence-electron chi connectivity index (χ2n) is 6.74. The number of amidine groups is 1. The molecule has 0 spiro atoms. The van der Waals surface area contributed by atoms with Gasteiger partial charge in [0.05, 0.1) is 6.04 Å². The number of halogens is 1. The van der Waals surface area contributed by atoms with Gasteiger partial charge in [-0.1, -0.05) is 31.5 Å². The van der Waals surface area contributed by atoms with Gasteiger partial charge in [0.25, 0.3) is 6.35 Å². The predicted molar refractivity (Wildman–Crippen MR) is 109 cm³/mol. The number of allylic oxidation sites excluding steroid dienone is 1. The van der Waals surface area contributed by atoms with Crippen molar-refractivity contribution in [2.45, 2.75) is 66.8 Å². The van der Waals surface area contributed by atoms with Gasteiger partial charge >= 0.3 is 0 Å². The lowest BCUT2D eigenvalue weighted by Crippen LogP contribution is -2.52. The van der Waals surface area contributed by atoms with Crippen LogP contribution in [0.25, 0.3) is 0 Å². The van der Waals surface area contributed by atoms with Crippen molar-refractivity contribution < 1.29 is 4.74 Å². The van der Waals surface area contributed by atoms with Crippen LogP contribution in [0.15, 0.2) is 28.9 Å². The molecular formula is C20H32ClN3O. The van der Waals surface area contributed by atoms with Gasteiger partial charge < -0.3 is 15.0 Å². The number of aliphatic imine (C=N–C) groups is 1. The van der Waals surface area contributed by atoms with Gasteiger partial charge in [0, 0.05) is 12.7 Å². The Bertz CT molecular complexity index is 627. The molecule has 0 bridgehead atoms. The molecule has 0 radical (unpaired) electrons. The number of nitrogens with one attached hydrogen (secondary N) is 1. The Morgan fingerprint density at radius 3 is 2.20 bits per heavy atom. The average molecular weight is 366 g/mol. The highest BCUT2D eigenvalue weighted by Gasteiger charge is 2.25. The highest BCUT2D eigenvalue weighted by atomic mass is 35.5. The average Bonchev–Trinajstić information content (AvgIpc) is 2.52. The van der Waals surface area contributed by atoms with Crippen LogP contribution >= 0.6 is 12.4 Å². The topological polar surface area (TPSA) is 36.9 Å². The first-order valence-electron chi connectivity index (χ1n) is 8.85. The summed E-state index contributed by atoms with van der Waals surface area (Å²) in [5.41, 5.74) is 4.65. The molecule has 0 aliphatic carbocycles. The van der Waals surface area contributed by atoms with Crippen LogP contribution in [0.5, 0.6) is 5.75 Å². The fraction of sp³-hybridized carbons (Fsp3) is 0.550. The van der Waals surface area contributed by atoms with Crippen molar-refractivity contribution in [3.8, 4) is 5.75 Å². The van der Waals surface area contributed by atoms with Gasteiger partial charge in [-0.3, -0.25) is 4.99 Å². The van der Waals surface area contributed by atoms with E-state index in [0.29, 0.717) is 6.04 Å². The zero-order valence-corrected chi connectivity index (χ0v) is 17.3. The fourth-order valence-electron chi connectivity index (χ4n) is 3.11. The highest BCUT2D eigenvalue weighted by molar-refractivity contribution is 5.94. The van der Waals surface area contributed by atoms with Crippen molar-refractivity contribution in [1.29, 1.82) is 0 Å². The maximum atomic E-state index is 6.33. The van der Waals surface area contributed by atoms with Gasteiger partial charge in [-0.25, -0.2) is 0 Å². The van der Waals surface area contributed by atoms with Crippen LogP contribution in [0.2, 0.25) is 0 Å². The number of rotatable bonds is 5. The molecule has 1 unspecified atom stereocenters. The minimum Gasteiger partial charge on any atom is -0.452 e. The molecule has 1 aromatic carbocycles. The summed E-state index contributed by atoms with van der Waals surface area (Å²) in [6, 6.07) is 4.67. The molecule has 0 amide bonds. The third-order valence-electron chi connectivity index (χ3n) is 4.50. The van der Waals surface area contributed by atoms with Gasteiger partial charge in [-0.2, -0.15) is 0 Å². The first-order chi connectivity index (χ1) is 11.3. The maximum Gasteiger partial charge on any atom is 0.251 e. The molecule has 1 heterocycles. The minimum atomic E-state index is -0.247. The van der Waals surface area contributed by atoms with Crippen molar-refractivity contribution in [2.75, 3.05) is 7.05 Å². The van der Waals surface area contributed by atoms with E-state index in [1.807, 2.05) is 7.05 Å². The molecule has 0 saturated heterocycles. The Labute approximate surface area is 158 Å². The fourth-order valence-corrected chi connectivity index (χ4v) is 3.11. The van der Waals surface area contributed by atoms with Crippen LogP contribution in [0.1, 0.15) is 50.3 Å². The quantitative estimate of drug-likeness (QED) is 0.820. The molecule has 1 N–H and O–H groups in total. The van der Waals surface area contributed by atoms with E-state index >= 15 is 0 Å². The van der Waals surface area contributed by atoms with Gasteiger partial charge in [0.2, 0.25) is 0 Å². The van der Waals surface area contributed by atoms with Gasteiger partial charge in [0.15, 0.2) is 0 Å². The zero-order valence-electron chi connectivity index (χ0n) is 16.5. The van der Waals surface area contributed by atoms with Crippen LogP contribution < -0.4 is 10.1 Å². The molecule has 1 atom stereocenters. The lowest BCUT2D eigenvalue weighted by Gasteiger charge is -2.36. The standard InChI is InChI=1S/C20H31N3O.ClH/c1-8-17(9-2)22-18-12-16(6)21-20(23(18)7)24-19-14(4)10-13(3)11-15(19)5;/h10-12,17,20-21H,8-9H2,1-7H3;1H. The van der Waals surface area contributed by atoms with Gasteiger partial charge in [-0.15, -0.1) is 12.4 Å². The van der Waals surface area contributed by atoms with Crippen molar-refractivity contribution in [3.05, 3.63) is 40.6 Å². The Morgan fingerprint density at radius 1 is 1.12 bits per heavy atom. The summed E-state index contributed by atoms with van der Waals surface area (Å²) in [4.78, 5) is 6.97. The number of ether oxygens (including phenoxy) is 1. The highest BCUT2D eigenvalue weighted by Crippen LogP contribution is 2.26. The molecule has 1 aliphatic heterocycles. The van der Waals surface area contributed by atoms with Gasteiger partial charge in [0.1, 0.15) is 11.6 Å². The van der Waals surface area contributed by atoms with E-state index in [4.69, 9.17) is 9.73 Å². The zero-order chi connectivity index (χ0) is 17.9. The first-order valence-corrected chi connectivity index (χ1v) is 8.85. The van der Waals surface area contributed by atoms with E-state index in [-0.39, 0.29) is 18.8 Å². The Hall–Kier alpha value is -1.68. The number of hydrogen-bond donors (Lipinski definition) is 1. The van der Waals surface area contributed by atoms with Crippen LogP contribution in [-0.2, 0) is 0 Å². The Morgan fingerprint density at radius 2 is 1.68 bits per heavy atom. The third-order valence-corrected chi connectivity index (χ3v) is 4.50. The van der Waals surface area contributed by atoms with Crippen molar-refractivity contribution in [3.63, 3.8) is 0 Å². The number of benzene rings is 1. The molecule has 0 fully saturated rings. The number of aryl methyl sites for hydroxylation is 3. The summed E-state index contributed by atoms with van der Waals surface area (Å²) in [6.07, 6.45) is 3.95. The Kier molecular flexibility index (Phi) is 7.81. The smallest absolute Gasteiger partial charge is 0.251 e. The van der Waals surface area contributed by atoms with Crippen molar-refractivity contribution in [1.82, 2.24) is 10.2 Å². The molecule has 140 valence electrons. The van der Waals surface area contributed by atoms with Crippen molar-refractivity contribution in [2.24, 2.45) is 4.99 Å². The Balaban J connectivity index is 0.00000312. The van der Waals surface area contributed by atoms with Crippen LogP contribution in [0.4, 0.5) is 0 Å². The molecule has 25 heavy (non-hydrogen) atoms. The summed E-state index contributed by atoms with van der Waals surface area (Å²) in [5.74, 6) is 1.92. The van der Waals surface area contributed by atoms with Crippen LogP contribution in [0.3, 0.4) is 0 Å². The SMILES string of the molecule is CCC(CC)N=C1C=C(C)NC(Oc2c(C)cc(C)cc2C)N1C.Cl. The van der Waals surface area contributed by atoms with E-state index in [1.54, 1.807) is 0 Å². The summed E-state index contributed by atoms with van der Waals surface area (Å²) in [7, 11) is 2.03. The number of nitrogens with zero attached hydrogens (tertiary/aromatic N) is 2. The number of likely N-dealkylation sites (N-methyl/N-ethyl adjacent to an activating group) is 1. The minimum absolute atomic E-state index is 0. The lowest BCUT2D eigenvalue weighted by atomic mass is 10.1. The molecule has 1 aromatic rings. The van der Waals surface area contributed by atoms with Crippen LogP contribution in [-0.4, -0.2) is 30.2 Å². The van der Waals surface area contributed by atoms with E-state index in [0.717, 1.165) is 41.3 Å². The summed E-state index contributed by atoms with van der Waals surface area (Å²) in [6.45, 7) is 12.7. The van der Waals surface area contributed by atoms with E-state index < -0.39 is 0 Å². The molecular weight excluding hydrogens is 334 g/mol. The van der Waals surface area contributed by atoms with Crippen molar-refractivity contribution >= 4 is 18.2 Å². The third kappa shape index (κ3) is 5.15. The largest absolute Gasteiger partial charge is 0.452 e. The second kappa shape index (κ2) is 9.14. The van der Waals surface area contributed by atoms with E-state index in [1.165, 1.54) is 5.56 Å². The summed E-state index contributed by atoms with van der Waals surface area (Å²) < 4.78 is 6.33. The van der Waals surface area contributed by atoms with Crippen LogP contribution in [0, 0.1) is 20.8 Å². The molecule has 5 heteroatoms. The normalized spacial score (nSPS) is 18.7. The maximum absolute atomic E-state index is 6.33. The first kappa shape index (κ1) is 21.4. The summed E-state index contributed by atoms with van der Waals surface area (Å²) in [5, 5.41) is 3.41. The molecule has 0 saturated carbocycles.